The molecule has 1 amide bonds. The highest BCUT2D eigenvalue weighted by molar-refractivity contribution is 5.96. The van der Waals surface area contributed by atoms with Crippen LogP contribution in [0.15, 0.2) is 72.8 Å². The van der Waals surface area contributed by atoms with Crippen LogP contribution in [0.2, 0.25) is 0 Å². The number of ether oxygens (including phenoxy) is 2. The number of esters is 1. The van der Waals surface area contributed by atoms with Crippen LogP contribution >= 0.6 is 0 Å². The lowest BCUT2D eigenvalue weighted by atomic mass is 10.0. The second-order valence-corrected chi connectivity index (χ2v) is 8.28. The Labute approximate surface area is 194 Å². The average molecular weight is 445 g/mol. The van der Waals surface area contributed by atoms with Crippen molar-refractivity contribution in [3.8, 4) is 6.07 Å². The molecule has 0 spiro atoms. The molecule has 6 heteroatoms. The minimum atomic E-state index is -1.01. The van der Waals surface area contributed by atoms with Crippen molar-refractivity contribution < 1.29 is 19.1 Å². The van der Waals surface area contributed by atoms with Crippen molar-refractivity contribution in [2.45, 2.75) is 39.0 Å². The quantitative estimate of drug-likeness (QED) is 0.460. The molecule has 3 aromatic carbocycles. The van der Waals surface area contributed by atoms with Gasteiger partial charge in [-0.3, -0.25) is 4.79 Å². The standard InChI is InChI=1S/C27H28N2O4/c1-19(2)14-25(33-27(31)23-13-12-21-10-6-7-11-22(21)15-23)26(30)29-24(16-28)18-32-17-20-8-4-3-5-9-20/h3-13,15,19,24-25H,14,17-18H2,1-2H3,(H,29,30)/t24-,25+/m1/s1. The van der Waals surface area contributed by atoms with Crippen LogP contribution in [0, 0.1) is 17.2 Å². The summed E-state index contributed by atoms with van der Waals surface area (Å²) in [5.74, 6) is -0.969. The van der Waals surface area contributed by atoms with Crippen molar-refractivity contribution in [3.63, 3.8) is 0 Å². The van der Waals surface area contributed by atoms with E-state index in [1.807, 2.05) is 80.6 Å². The number of hydrogen-bond acceptors (Lipinski definition) is 5. The van der Waals surface area contributed by atoms with Crippen molar-refractivity contribution in [2.24, 2.45) is 5.92 Å². The van der Waals surface area contributed by atoms with Gasteiger partial charge in [0.25, 0.3) is 5.91 Å². The molecule has 0 bridgehead atoms. The summed E-state index contributed by atoms with van der Waals surface area (Å²) in [6.45, 7) is 4.25. The molecule has 0 saturated heterocycles. The fourth-order valence-electron chi connectivity index (χ4n) is 3.40. The van der Waals surface area contributed by atoms with Crippen LogP contribution in [-0.4, -0.2) is 30.6 Å². The van der Waals surface area contributed by atoms with Crippen LogP contribution in [0.4, 0.5) is 0 Å². The van der Waals surface area contributed by atoms with Gasteiger partial charge in [0.15, 0.2) is 6.10 Å². The van der Waals surface area contributed by atoms with Crippen LogP contribution in [0.25, 0.3) is 10.8 Å². The Morgan fingerprint density at radius 3 is 2.36 bits per heavy atom. The van der Waals surface area contributed by atoms with E-state index in [9.17, 15) is 14.9 Å². The van der Waals surface area contributed by atoms with Gasteiger partial charge in [-0.05, 0) is 40.8 Å². The van der Waals surface area contributed by atoms with E-state index in [0.29, 0.717) is 18.6 Å². The monoisotopic (exact) mass is 444 g/mol. The second kappa shape index (κ2) is 11.8. The molecule has 0 saturated carbocycles. The SMILES string of the molecule is CC(C)C[C@H](OC(=O)c1ccc2ccccc2c1)C(=O)N[C@H](C#N)COCc1ccccc1. The van der Waals surface area contributed by atoms with Crippen molar-refractivity contribution >= 4 is 22.6 Å². The molecule has 0 heterocycles. The van der Waals surface area contributed by atoms with Crippen molar-refractivity contribution in [1.82, 2.24) is 5.32 Å². The Morgan fingerprint density at radius 2 is 1.67 bits per heavy atom. The van der Waals surface area contributed by atoms with Gasteiger partial charge in [0.05, 0.1) is 24.8 Å². The Bertz CT molecular complexity index is 1120. The Balaban J connectivity index is 1.61. The minimum Gasteiger partial charge on any atom is -0.449 e. The number of carbonyl (C=O) groups is 2. The van der Waals surface area contributed by atoms with Gasteiger partial charge in [-0.25, -0.2) is 4.79 Å². The summed E-state index contributed by atoms with van der Waals surface area (Å²) in [5.41, 5.74) is 1.35. The number of amides is 1. The van der Waals surface area contributed by atoms with Crippen LogP contribution in [0.1, 0.15) is 36.2 Å². The second-order valence-electron chi connectivity index (χ2n) is 8.28. The topological polar surface area (TPSA) is 88.4 Å². The zero-order valence-electron chi connectivity index (χ0n) is 18.9. The van der Waals surface area contributed by atoms with E-state index in [1.165, 1.54) is 0 Å². The summed E-state index contributed by atoms with van der Waals surface area (Å²) in [6.07, 6.45) is -0.664. The van der Waals surface area contributed by atoms with E-state index in [2.05, 4.69) is 5.32 Å². The summed E-state index contributed by atoms with van der Waals surface area (Å²) in [4.78, 5) is 25.6. The summed E-state index contributed by atoms with van der Waals surface area (Å²) < 4.78 is 11.2. The maximum atomic E-state index is 12.9. The third-order valence-electron chi connectivity index (χ3n) is 5.08. The summed E-state index contributed by atoms with van der Waals surface area (Å²) in [7, 11) is 0. The summed E-state index contributed by atoms with van der Waals surface area (Å²) >= 11 is 0. The number of fused-ring (bicyclic) bond motifs is 1. The van der Waals surface area contributed by atoms with Crippen molar-refractivity contribution in [3.05, 3.63) is 83.9 Å². The molecule has 2 atom stereocenters. The number of nitrogens with one attached hydrogen (secondary N) is 1. The number of rotatable bonds is 10. The molecule has 1 N–H and O–H groups in total. The molecule has 3 aromatic rings. The van der Waals surface area contributed by atoms with E-state index in [0.717, 1.165) is 16.3 Å². The smallest absolute Gasteiger partial charge is 0.338 e. The van der Waals surface area contributed by atoms with Crippen LogP contribution in [0.3, 0.4) is 0 Å². The highest BCUT2D eigenvalue weighted by Crippen LogP contribution is 2.18. The molecule has 0 aliphatic carbocycles. The lowest BCUT2D eigenvalue weighted by Crippen LogP contribution is -2.45. The summed E-state index contributed by atoms with van der Waals surface area (Å²) in [6, 6.07) is 23.7. The first-order valence-electron chi connectivity index (χ1n) is 11.0. The number of hydrogen-bond donors (Lipinski definition) is 1. The Hall–Kier alpha value is -3.69. The first-order chi connectivity index (χ1) is 16.0. The number of nitrogens with zero attached hydrogens (tertiary/aromatic N) is 1. The van der Waals surface area contributed by atoms with E-state index < -0.39 is 24.0 Å². The van der Waals surface area contributed by atoms with Gasteiger partial charge in [-0.15, -0.1) is 0 Å². The predicted octanol–water partition coefficient (Wildman–Crippen LogP) is 4.64. The van der Waals surface area contributed by atoms with Crippen LogP contribution in [-0.2, 0) is 20.9 Å². The largest absolute Gasteiger partial charge is 0.449 e. The average Bonchev–Trinajstić information content (AvgIpc) is 2.82. The molecular weight excluding hydrogens is 416 g/mol. The van der Waals surface area contributed by atoms with E-state index in [-0.39, 0.29) is 12.5 Å². The Morgan fingerprint density at radius 1 is 0.970 bits per heavy atom. The summed E-state index contributed by atoms with van der Waals surface area (Å²) in [5, 5.41) is 14.0. The molecule has 0 unspecified atom stereocenters. The van der Waals surface area contributed by atoms with Gasteiger partial charge in [0.2, 0.25) is 0 Å². The normalized spacial score (nSPS) is 12.7. The lowest BCUT2D eigenvalue weighted by Gasteiger charge is -2.21. The lowest BCUT2D eigenvalue weighted by molar-refractivity contribution is -0.131. The predicted molar refractivity (Wildman–Crippen MR) is 126 cm³/mol. The molecule has 6 nitrogen and oxygen atoms in total. The fraction of sp³-hybridized carbons (Fsp3) is 0.296. The molecule has 170 valence electrons. The third kappa shape index (κ3) is 7.16. The zero-order valence-corrected chi connectivity index (χ0v) is 18.9. The minimum absolute atomic E-state index is 0.0319. The number of benzene rings is 3. The van der Waals surface area contributed by atoms with Gasteiger partial charge >= 0.3 is 5.97 Å². The first-order valence-corrected chi connectivity index (χ1v) is 11.0. The Kier molecular flexibility index (Phi) is 8.56. The number of nitriles is 1. The molecule has 3 rings (SSSR count). The molecule has 0 aliphatic rings. The van der Waals surface area contributed by atoms with Crippen molar-refractivity contribution in [1.29, 1.82) is 5.26 Å². The van der Waals surface area contributed by atoms with Gasteiger partial charge in [-0.2, -0.15) is 5.26 Å². The van der Waals surface area contributed by atoms with Gasteiger partial charge < -0.3 is 14.8 Å². The number of carbonyl (C=O) groups excluding carboxylic acids is 2. The molecular formula is C27H28N2O4. The van der Waals surface area contributed by atoms with E-state index in [1.54, 1.807) is 12.1 Å². The molecule has 0 fully saturated rings. The molecule has 0 aliphatic heterocycles. The van der Waals surface area contributed by atoms with Crippen LogP contribution in [0.5, 0.6) is 0 Å². The highest BCUT2D eigenvalue weighted by atomic mass is 16.5. The maximum absolute atomic E-state index is 12.9. The van der Waals surface area contributed by atoms with E-state index >= 15 is 0 Å². The van der Waals surface area contributed by atoms with Gasteiger partial charge in [-0.1, -0.05) is 74.5 Å². The zero-order chi connectivity index (χ0) is 23.6. The maximum Gasteiger partial charge on any atom is 0.338 e. The van der Waals surface area contributed by atoms with Crippen LogP contribution < -0.4 is 5.32 Å². The van der Waals surface area contributed by atoms with E-state index in [4.69, 9.17) is 9.47 Å². The molecule has 33 heavy (non-hydrogen) atoms. The highest BCUT2D eigenvalue weighted by Gasteiger charge is 2.27. The third-order valence-corrected chi connectivity index (χ3v) is 5.08. The fourth-order valence-corrected chi connectivity index (χ4v) is 3.40. The molecule has 0 radical (unpaired) electrons. The van der Waals surface area contributed by atoms with Gasteiger partial charge in [0, 0.05) is 0 Å². The molecule has 0 aromatic heterocycles. The first kappa shape index (κ1) is 24.0. The van der Waals surface area contributed by atoms with Crippen molar-refractivity contribution in [2.75, 3.05) is 6.61 Å². The van der Waals surface area contributed by atoms with Gasteiger partial charge in [0.1, 0.15) is 6.04 Å².